The highest BCUT2D eigenvalue weighted by atomic mass is 16.5. The molecule has 2 aliphatic rings. The summed E-state index contributed by atoms with van der Waals surface area (Å²) in [6.07, 6.45) is 5.44. The van der Waals surface area contributed by atoms with Crippen molar-refractivity contribution in [1.82, 2.24) is 5.32 Å². The second-order valence-electron chi connectivity index (χ2n) is 8.12. The molecule has 1 aliphatic heterocycles. The Morgan fingerprint density at radius 3 is 2.54 bits per heavy atom. The summed E-state index contributed by atoms with van der Waals surface area (Å²) >= 11 is 0. The first-order valence-electron chi connectivity index (χ1n) is 9.93. The summed E-state index contributed by atoms with van der Waals surface area (Å²) in [5, 5.41) is 3.09. The average Bonchev–Trinajstić information content (AvgIpc) is 2.79. The summed E-state index contributed by atoms with van der Waals surface area (Å²) in [5.74, 6) is -0.773. The van der Waals surface area contributed by atoms with Crippen molar-refractivity contribution in [2.24, 2.45) is 0 Å². The molecule has 1 heterocycles. The van der Waals surface area contributed by atoms with Crippen LogP contribution >= 0.6 is 0 Å². The molecule has 1 amide bonds. The van der Waals surface area contributed by atoms with Gasteiger partial charge in [0.2, 0.25) is 5.91 Å². The summed E-state index contributed by atoms with van der Waals surface area (Å²) in [6.45, 7) is 8.92. The number of rotatable bonds is 5. The van der Waals surface area contributed by atoms with Crippen LogP contribution in [0.5, 0.6) is 0 Å². The summed E-state index contributed by atoms with van der Waals surface area (Å²) < 4.78 is 5.99. The van der Waals surface area contributed by atoms with E-state index in [0.29, 0.717) is 6.42 Å². The molecule has 3 rings (SSSR count). The molecule has 0 bridgehead atoms. The van der Waals surface area contributed by atoms with Gasteiger partial charge < -0.3 is 10.1 Å². The lowest BCUT2D eigenvalue weighted by Gasteiger charge is -2.36. The molecule has 1 aromatic carbocycles. The molecule has 1 saturated carbocycles. The second kappa shape index (κ2) is 7.51. The number of ether oxygens (including phenoxy) is 1. The third-order valence-electron chi connectivity index (χ3n) is 5.94. The van der Waals surface area contributed by atoms with Gasteiger partial charge in [-0.05, 0) is 63.1 Å². The molecule has 3 atom stereocenters. The Balaban J connectivity index is 1.85. The zero-order valence-corrected chi connectivity index (χ0v) is 16.5. The van der Waals surface area contributed by atoms with Gasteiger partial charge in [-0.1, -0.05) is 31.0 Å². The van der Waals surface area contributed by atoms with Crippen LogP contribution in [-0.4, -0.2) is 29.9 Å². The Morgan fingerprint density at radius 2 is 1.88 bits per heavy atom. The lowest BCUT2D eigenvalue weighted by Crippen LogP contribution is -2.51. The summed E-state index contributed by atoms with van der Waals surface area (Å²) in [6, 6.07) is 4.12. The fourth-order valence-corrected chi connectivity index (χ4v) is 4.77. The number of ketones is 1. The zero-order valence-electron chi connectivity index (χ0n) is 16.5. The number of hydrogen-bond acceptors (Lipinski definition) is 3. The zero-order chi connectivity index (χ0) is 18.9. The molecule has 4 heteroatoms. The first-order chi connectivity index (χ1) is 12.4. The van der Waals surface area contributed by atoms with E-state index in [1.54, 1.807) is 0 Å². The number of amides is 1. The average molecular weight is 357 g/mol. The highest BCUT2D eigenvalue weighted by Crippen LogP contribution is 2.41. The quantitative estimate of drug-likeness (QED) is 0.642. The molecule has 1 N–H and O–H groups in total. The predicted molar refractivity (Wildman–Crippen MR) is 102 cm³/mol. The number of benzene rings is 1. The van der Waals surface area contributed by atoms with Gasteiger partial charge in [0.15, 0.2) is 5.78 Å². The molecule has 1 spiro atoms. The van der Waals surface area contributed by atoms with E-state index in [0.717, 1.165) is 61.0 Å². The third kappa shape index (κ3) is 3.44. The van der Waals surface area contributed by atoms with E-state index in [9.17, 15) is 9.59 Å². The summed E-state index contributed by atoms with van der Waals surface area (Å²) in [7, 11) is 0. The molecule has 1 saturated heterocycles. The first-order valence-corrected chi connectivity index (χ1v) is 9.93. The molecule has 0 aromatic heterocycles. The molecule has 26 heavy (non-hydrogen) atoms. The van der Waals surface area contributed by atoms with Gasteiger partial charge in [0.25, 0.3) is 0 Å². The standard InChI is InChI=1S/C22H31NO3/c1-5-6-10-26-17-8-7-9-22(13-17)20(24)19(21(25)23-22)18-15(3)11-14(2)12-16(18)4/h11-12,17,19H,5-10,13H2,1-4H3,(H,23,25)/t17-,19?,22-/m1/s1. The van der Waals surface area contributed by atoms with Crippen molar-refractivity contribution >= 4 is 11.7 Å². The maximum absolute atomic E-state index is 13.4. The van der Waals surface area contributed by atoms with E-state index in [2.05, 4.69) is 24.4 Å². The van der Waals surface area contributed by atoms with Crippen molar-refractivity contribution < 1.29 is 14.3 Å². The van der Waals surface area contributed by atoms with E-state index in [4.69, 9.17) is 4.74 Å². The van der Waals surface area contributed by atoms with Crippen LogP contribution < -0.4 is 5.32 Å². The Bertz CT molecular complexity index is 688. The number of carbonyl (C=O) groups is 2. The van der Waals surface area contributed by atoms with E-state index < -0.39 is 11.5 Å². The molecular formula is C22H31NO3. The van der Waals surface area contributed by atoms with Crippen LogP contribution in [0, 0.1) is 20.8 Å². The lowest BCUT2D eigenvalue weighted by molar-refractivity contribution is -0.127. The van der Waals surface area contributed by atoms with Crippen LogP contribution in [0.25, 0.3) is 0 Å². The van der Waals surface area contributed by atoms with Gasteiger partial charge in [-0.25, -0.2) is 0 Å². The van der Waals surface area contributed by atoms with Gasteiger partial charge in [-0.15, -0.1) is 0 Å². The molecule has 142 valence electrons. The van der Waals surface area contributed by atoms with Gasteiger partial charge in [0.1, 0.15) is 11.5 Å². The monoisotopic (exact) mass is 357 g/mol. The van der Waals surface area contributed by atoms with Crippen molar-refractivity contribution in [2.45, 2.75) is 83.8 Å². The number of hydrogen-bond donors (Lipinski definition) is 1. The van der Waals surface area contributed by atoms with Gasteiger partial charge in [-0.2, -0.15) is 0 Å². The van der Waals surface area contributed by atoms with Crippen LogP contribution in [0.4, 0.5) is 0 Å². The van der Waals surface area contributed by atoms with Crippen LogP contribution in [0.3, 0.4) is 0 Å². The van der Waals surface area contributed by atoms with Crippen LogP contribution in [0.1, 0.15) is 73.6 Å². The Labute approximate surface area is 156 Å². The Morgan fingerprint density at radius 1 is 1.19 bits per heavy atom. The molecule has 2 fully saturated rings. The Hall–Kier alpha value is -1.68. The van der Waals surface area contributed by atoms with Gasteiger partial charge >= 0.3 is 0 Å². The number of aryl methyl sites for hydroxylation is 3. The minimum absolute atomic E-state index is 0.0429. The molecule has 4 nitrogen and oxygen atoms in total. The maximum atomic E-state index is 13.4. The third-order valence-corrected chi connectivity index (χ3v) is 5.94. The van der Waals surface area contributed by atoms with E-state index in [-0.39, 0.29) is 17.8 Å². The molecular weight excluding hydrogens is 326 g/mol. The minimum atomic E-state index is -0.735. The van der Waals surface area contributed by atoms with Crippen molar-refractivity contribution in [3.63, 3.8) is 0 Å². The van der Waals surface area contributed by atoms with Crippen molar-refractivity contribution in [1.29, 1.82) is 0 Å². The predicted octanol–water partition coefficient (Wildman–Crippen LogP) is 3.89. The van der Waals surface area contributed by atoms with Gasteiger partial charge in [0, 0.05) is 13.0 Å². The topological polar surface area (TPSA) is 55.4 Å². The molecule has 1 aromatic rings. The normalized spacial score (nSPS) is 28.6. The fraction of sp³-hybridized carbons (Fsp3) is 0.636. The fourth-order valence-electron chi connectivity index (χ4n) is 4.77. The SMILES string of the molecule is CCCCO[C@@H]1CCC[C@]2(C1)NC(=O)C(c1c(C)cc(C)cc1C)C2=O. The van der Waals surface area contributed by atoms with Crippen molar-refractivity contribution in [3.8, 4) is 0 Å². The van der Waals surface area contributed by atoms with Crippen molar-refractivity contribution in [2.75, 3.05) is 6.61 Å². The molecule has 1 unspecified atom stereocenters. The van der Waals surface area contributed by atoms with Crippen LogP contribution in [-0.2, 0) is 14.3 Å². The second-order valence-corrected chi connectivity index (χ2v) is 8.12. The number of carbonyl (C=O) groups excluding carboxylic acids is 2. The van der Waals surface area contributed by atoms with Crippen LogP contribution in [0.15, 0.2) is 12.1 Å². The minimum Gasteiger partial charge on any atom is -0.378 e. The Kier molecular flexibility index (Phi) is 5.52. The highest BCUT2D eigenvalue weighted by molar-refractivity contribution is 6.17. The number of Topliss-reactive ketones (excluding diaryl/α,β-unsaturated/α-hetero) is 1. The van der Waals surface area contributed by atoms with E-state index in [1.165, 1.54) is 0 Å². The van der Waals surface area contributed by atoms with E-state index >= 15 is 0 Å². The molecule has 1 aliphatic carbocycles. The summed E-state index contributed by atoms with van der Waals surface area (Å²) in [5.41, 5.74) is 3.37. The van der Waals surface area contributed by atoms with Crippen LogP contribution in [0.2, 0.25) is 0 Å². The van der Waals surface area contributed by atoms with Gasteiger partial charge in [0.05, 0.1) is 6.10 Å². The molecule has 0 radical (unpaired) electrons. The smallest absolute Gasteiger partial charge is 0.235 e. The largest absolute Gasteiger partial charge is 0.378 e. The lowest BCUT2D eigenvalue weighted by atomic mass is 9.74. The highest BCUT2D eigenvalue weighted by Gasteiger charge is 2.55. The summed E-state index contributed by atoms with van der Waals surface area (Å²) in [4.78, 5) is 26.3. The van der Waals surface area contributed by atoms with Crippen molar-refractivity contribution in [3.05, 3.63) is 34.4 Å². The van der Waals surface area contributed by atoms with Gasteiger partial charge in [-0.3, -0.25) is 9.59 Å². The number of unbranched alkanes of at least 4 members (excludes halogenated alkanes) is 1. The number of nitrogens with one attached hydrogen (secondary N) is 1. The van der Waals surface area contributed by atoms with E-state index in [1.807, 2.05) is 20.8 Å². The maximum Gasteiger partial charge on any atom is 0.235 e. The first kappa shape index (κ1) is 19.1.